The van der Waals surface area contributed by atoms with Crippen molar-refractivity contribution in [2.24, 2.45) is 5.41 Å². The van der Waals surface area contributed by atoms with Gasteiger partial charge in [-0.15, -0.1) is 0 Å². The molecular formula is C14H30N2O. The third-order valence-corrected chi connectivity index (χ3v) is 4.43. The fraction of sp³-hybridized carbons (Fsp3) is 1.00. The van der Waals surface area contributed by atoms with Gasteiger partial charge >= 0.3 is 0 Å². The lowest BCUT2D eigenvalue weighted by atomic mass is 9.83. The number of aliphatic hydroxyl groups excluding tert-OH is 1. The van der Waals surface area contributed by atoms with Crippen molar-refractivity contribution in [3.63, 3.8) is 0 Å². The van der Waals surface area contributed by atoms with E-state index in [4.69, 9.17) is 5.11 Å². The third-order valence-electron chi connectivity index (χ3n) is 4.43. The standard InChI is InChI=1S/C14H30N2O/c1-12(15-4)14(2,3)11-16-9-6-5-7-13(16)8-10-17/h12-13,15,17H,5-11H2,1-4H3. The Bertz CT molecular complexity index is 216. The lowest BCUT2D eigenvalue weighted by Gasteiger charge is -2.42. The molecule has 102 valence electrons. The highest BCUT2D eigenvalue weighted by molar-refractivity contribution is 4.87. The second-order valence-electron chi connectivity index (χ2n) is 6.13. The number of hydrogen-bond donors (Lipinski definition) is 2. The highest BCUT2D eigenvalue weighted by Gasteiger charge is 2.31. The molecule has 0 spiro atoms. The number of piperidine rings is 1. The van der Waals surface area contributed by atoms with E-state index in [1.807, 2.05) is 7.05 Å². The molecule has 0 saturated carbocycles. The monoisotopic (exact) mass is 242 g/mol. The quantitative estimate of drug-likeness (QED) is 0.746. The topological polar surface area (TPSA) is 35.5 Å². The summed E-state index contributed by atoms with van der Waals surface area (Å²) in [6.07, 6.45) is 4.82. The van der Waals surface area contributed by atoms with E-state index in [-0.39, 0.29) is 5.41 Å². The van der Waals surface area contributed by atoms with Crippen molar-refractivity contribution < 1.29 is 5.11 Å². The molecule has 0 radical (unpaired) electrons. The molecule has 2 atom stereocenters. The molecule has 0 aromatic carbocycles. The fourth-order valence-corrected chi connectivity index (χ4v) is 2.80. The molecular weight excluding hydrogens is 212 g/mol. The zero-order valence-electron chi connectivity index (χ0n) is 12.0. The van der Waals surface area contributed by atoms with Gasteiger partial charge in [-0.25, -0.2) is 0 Å². The zero-order valence-corrected chi connectivity index (χ0v) is 12.0. The van der Waals surface area contributed by atoms with Crippen LogP contribution in [0.3, 0.4) is 0 Å². The number of nitrogens with one attached hydrogen (secondary N) is 1. The summed E-state index contributed by atoms with van der Waals surface area (Å²) >= 11 is 0. The maximum atomic E-state index is 9.15. The first kappa shape index (κ1) is 14.9. The molecule has 0 aliphatic carbocycles. The molecule has 0 bridgehead atoms. The van der Waals surface area contributed by atoms with Crippen LogP contribution in [0.15, 0.2) is 0 Å². The zero-order chi connectivity index (χ0) is 12.9. The summed E-state index contributed by atoms with van der Waals surface area (Å²) < 4.78 is 0. The smallest absolute Gasteiger partial charge is 0.0445 e. The van der Waals surface area contributed by atoms with Crippen LogP contribution in [0.4, 0.5) is 0 Å². The van der Waals surface area contributed by atoms with Crippen LogP contribution in [0.2, 0.25) is 0 Å². The number of nitrogens with zero attached hydrogens (tertiary/aromatic N) is 1. The van der Waals surface area contributed by atoms with Crippen molar-refractivity contribution >= 4 is 0 Å². The van der Waals surface area contributed by atoms with Gasteiger partial charge in [0.05, 0.1) is 0 Å². The van der Waals surface area contributed by atoms with E-state index in [0.29, 0.717) is 18.7 Å². The molecule has 17 heavy (non-hydrogen) atoms. The molecule has 1 saturated heterocycles. The van der Waals surface area contributed by atoms with Crippen LogP contribution in [-0.4, -0.2) is 48.8 Å². The summed E-state index contributed by atoms with van der Waals surface area (Å²) in [5, 5.41) is 12.5. The Morgan fingerprint density at radius 3 is 2.71 bits per heavy atom. The SMILES string of the molecule is CNC(C)C(C)(C)CN1CCCCC1CCO. The van der Waals surface area contributed by atoms with Crippen LogP contribution in [-0.2, 0) is 0 Å². The molecule has 1 aliphatic heterocycles. The van der Waals surface area contributed by atoms with E-state index in [2.05, 4.69) is 31.0 Å². The highest BCUT2D eigenvalue weighted by atomic mass is 16.3. The molecule has 3 nitrogen and oxygen atoms in total. The van der Waals surface area contributed by atoms with E-state index < -0.39 is 0 Å². The fourth-order valence-electron chi connectivity index (χ4n) is 2.80. The first-order valence-electron chi connectivity index (χ1n) is 7.03. The maximum Gasteiger partial charge on any atom is 0.0445 e. The van der Waals surface area contributed by atoms with Crippen LogP contribution in [0, 0.1) is 5.41 Å². The van der Waals surface area contributed by atoms with Gasteiger partial charge in [-0.3, -0.25) is 4.90 Å². The molecule has 1 fully saturated rings. The minimum atomic E-state index is 0.278. The van der Waals surface area contributed by atoms with E-state index in [0.717, 1.165) is 13.0 Å². The van der Waals surface area contributed by atoms with Gasteiger partial charge < -0.3 is 10.4 Å². The van der Waals surface area contributed by atoms with Crippen LogP contribution < -0.4 is 5.32 Å². The van der Waals surface area contributed by atoms with Crippen molar-refractivity contribution in [1.29, 1.82) is 0 Å². The molecule has 1 aliphatic rings. The average molecular weight is 242 g/mol. The van der Waals surface area contributed by atoms with Crippen molar-refractivity contribution in [3.05, 3.63) is 0 Å². The Morgan fingerprint density at radius 2 is 2.12 bits per heavy atom. The third kappa shape index (κ3) is 4.23. The van der Waals surface area contributed by atoms with Crippen LogP contribution in [0.1, 0.15) is 46.5 Å². The average Bonchev–Trinajstić information content (AvgIpc) is 2.30. The van der Waals surface area contributed by atoms with Gasteiger partial charge in [0.15, 0.2) is 0 Å². The molecule has 0 aromatic heterocycles. The van der Waals surface area contributed by atoms with Crippen molar-refractivity contribution in [3.8, 4) is 0 Å². The number of hydrogen-bond acceptors (Lipinski definition) is 3. The minimum Gasteiger partial charge on any atom is -0.396 e. The summed E-state index contributed by atoms with van der Waals surface area (Å²) in [7, 11) is 2.04. The van der Waals surface area contributed by atoms with Gasteiger partial charge in [0.25, 0.3) is 0 Å². The Morgan fingerprint density at radius 1 is 1.41 bits per heavy atom. The van der Waals surface area contributed by atoms with Crippen LogP contribution in [0.25, 0.3) is 0 Å². The summed E-state index contributed by atoms with van der Waals surface area (Å²) in [5.41, 5.74) is 0.278. The van der Waals surface area contributed by atoms with Gasteiger partial charge in [0.2, 0.25) is 0 Å². The molecule has 1 rings (SSSR count). The lowest BCUT2D eigenvalue weighted by Crippen LogP contribution is -2.50. The Balaban J connectivity index is 2.57. The molecule has 2 unspecified atom stereocenters. The second-order valence-corrected chi connectivity index (χ2v) is 6.13. The molecule has 1 heterocycles. The van der Waals surface area contributed by atoms with Gasteiger partial charge in [0.1, 0.15) is 0 Å². The Hall–Kier alpha value is -0.120. The molecule has 2 N–H and O–H groups in total. The second kappa shape index (κ2) is 6.72. The summed E-state index contributed by atoms with van der Waals surface area (Å²) in [6, 6.07) is 1.11. The molecule has 3 heteroatoms. The molecule has 0 amide bonds. The molecule has 0 aromatic rings. The first-order chi connectivity index (χ1) is 8.01. The Kier molecular flexibility index (Phi) is 5.90. The van der Waals surface area contributed by atoms with Gasteiger partial charge in [-0.1, -0.05) is 20.3 Å². The predicted octanol–water partition coefficient (Wildman–Crippen LogP) is 1.86. The first-order valence-corrected chi connectivity index (χ1v) is 7.03. The van der Waals surface area contributed by atoms with Crippen molar-refractivity contribution in [2.75, 3.05) is 26.7 Å². The largest absolute Gasteiger partial charge is 0.396 e. The maximum absolute atomic E-state index is 9.15. The van der Waals surface area contributed by atoms with E-state index in [1.54, 1.807) is 0 Å². The number of aliphatic hydroxyl groups is 1. The van der Waals surface area contributed by atoms with Gasteiger partial charge in [0, 0.05) is 25.2 Å². The van der Waals surface area contributed by atoms with Crippen molar-refractivity contribution in [2.45, 2.75) is 58.5 Å². The van der Waals surface area contributed by atoms with Crippen LogP contribution in [0.5, 0.6) is 0 Å². The van der Waals surface area contributed by atoms with E-state index in [9.17, 15) is 0 Å². The van der Waals surface area contributed by atoms with Gasteiger partial charge in [-0.2, -0.15) is 0 Å². The predicted molar refractivity (Wildman–Crippen MR) is 73.2 cm³/mol. The summed E-state index contributed by atoms with van der Waals surface area (Å²) in [6.45, 7) is 9.57. The summed E-state index contributed by atoms with van der Waals surface area (Å²) in [5.74, 6) is 0. The summed E-state index contributed by atoms with van der Waals surface area (Å²) in [4.78, 5) is 2.59. The number of rotatable bonds is 6. The highest BCUT2D eigenvalue weighted by Crippen LogP contribution is 2.27. The minimum absolute atomic E-state index is 0.278. The lowest BCUT2D eigenvalue weighted by molar-refractivity contribution is 0.0663. The van der Waals surface area contributed by atoms with E-state index in [1.165, 1.54) is 25.8 Å². The van der Waals surface area contributed by atoms with Crippen LogP contribution >= 0.6 is 0 Å². The normalized spacial score (nSPS) is 24.9. The van der Waals surface area contributed by atoms with Gasteiger partial charge in [-0.05, 0) is 45.2 Å². The Labute approximate surface area is 107 Å². The van der Waals surface area contributed by atoms with Crippen molar-refractivity contribution in [1.82, 2.24) is 10.2 Å². The number of likely N-dealkylation sites (tertiary alicyclic amines) is 1. The van der Waals surface area contributed by atoms with E-state index >= 15 is 0 Å².